The van der Waals surface area contributed by atoms with Gasteiger partial charge in [-0.25, -0.2) is 4.79 Å². The van der Waals surface area contributed by atoms with Crippen LogP contribution in [0.5, 0.6) is 0 Å². The van der Waals surface area contributed by atoms with Crippen LogP contribution in [0.15, 0.2) is 0 Å². The van der Waals surface area contributed by atoms with Crippen LogP contribution in [0.25, 0.3) is 0 Å². The Bertz CT molecular complexity index is 52.0. The van der Waals surface area contributed by atoms with E-state index in [0.717, 1.165) is 7.11 Å². The first-order valence-electron chi connectivity index (χ1n) is 2.06. The van der Waals surface area contributed by atoms with Crippen molar-refractivity contribution >= 4 is 6.16 Å². The Morgan fingerprint density at radius 3 is 1.88 bits per heavy atom. The third-order valence-electron chi connectivity index (χ3n) is 0.175. The molecule has 4 heteroatoms. The lowest BCUT2D eigenvalue weighted by atomic mass is 10.9. The predicted octanol–water partition coefficient (Wildman–Crippen LogP) is 0.309. The minimum Gasteiger partial charge on any atom is -0.450 e. The molecule has 0 aliphatic heterocycles. The highest BCUT2D eigenvalue weighted by atomic mass is 16.6. The zero-order valence-electron chi connectivity index (χ0n) is 4.92. The van der Waals surface area contributed by atoms with Crippen molar-refractivity contribution in [3.05, 3.63) is 0 Å². The molecule has 50 valence electrons. The minimum atomic E-state index is -1.25. The van der Waals surface area contributed by atoms with Gasteiger partial charge in [-0.1, -0.05) is 0 Å². The fourth-order valence-electron chi connectivity index (χ4n) is 0. The van der Waals surface area contributed by atoms with E-state index in [1.807, 2.05) is 0 Å². The summed E-state index contributed by atoms with van der Waals surface area (Å²) >= 11 is 0. The van der Waals surface area contributed by atoms with Crippen molar-refractivity contribution < 1.29 is 19.7 Å². The smallest absolute Gasteiger partial charge is 0.450 e. The average Bonchev–Trinajstić information content (AvgIpc) is 1.69. The van der Waals surface area contributed by atoms with Crippen LogP contribution in [-0.4, -0.2) is 30.1 Å². The van der Waals surface area contributed by atoms with Crippen molar-refractivity contribution in [3.8, 4) is 0 Å². The van der Waals surface area contributed by atoms with E-state index in [9.17, 15) is 0 Å². The third kappa shape index (κ3) is 61.9. The molecule has 0 atom stereocenters. The summed E-state index contributed by atoms with van der Waals surface area (Å²) in [6, 6.07) is 0. The number of hydrogen-bond donors (Lipinski definition) is 2. The Morgan fingerprint density at radius 2 is 1.88 bits per heavy atom. The molecule has 0 radical (unpaired) electrons. The summed E-state index contributed by atoms with van der Waals surface area (Å²) in [5, 5.41) is 15.1. The quantitative estimate of drug-likeness (QED) is 0.454. The number of hydrogen-bond acceptors (Lipinski definition) is 3. The van der Waals surface area contributed by atoms with Gasteiger partial charge in [0, 0.05) is 6.61 Å². The van der Waals surface area contributed by atoms with E-state index < -0.39 is 6.16 Å². The van der Waals surface area contributed by atoms with E-state index >= 15 is 0 Å². The second-order valence-corrected chi connectivity index (χ2v) is 0.786. The van der Waals surface area contributed by atoms with Crippen LogP contribution < -0.4 is 0 Å². The normalized spacial score (nSPS) is 6.38. The van der Waals surface area contributed by atoms with Gasteiger partial charge in [-0.05, 0) is 6.92 Å². The summed E-state index contributed by atoms with van der Waals surface area (Å²) in [4.78, 5) is 9.15. The molecule has 0 aromatic rings. The lowest BCUT2D eigenvalue weighted by molar-refractivity contribution is 0.114. The highest BCUT2D eigenvalue weighted by molar-refractivity contribution is 5.56. The first kappa shape index (κ1) is 10.3. The van der Waals surface area contributed by atoms with Crippen molar-refractivity contribution in [2.24, 2.45) is 0 Å². The fraction of sp³-hybridized carbons (Fsp3) is 0.750. The molecule has 0 saturated heterocycles. The maximum Gasteiger partial charge on any atom is 0.505 e. The molecule has 0 aliphatic carbocycles. The predicted molar refractivity (Wildman–Crippen MR) is 27.8 cm³/mol. The molecule has 0 unspecified atom stereocenters. The number of carbonyl (C=O) groups is 1. The summed E-state index contributed by atoms with van der Waals surface area (Å²) in [5.74, 6) is 0. The van der Waals surface area contributed by atoms with Crippen molar-refractivity contribution in [1.82, 2.24) is 0 Å². The van der Waals surface area contributed by atoms with Gasteiger partial charge in [0.1, 0.15) is 0 Å². The standard InChI is InChI=1S/C2H4O3.C2H6O/c1-5-2(3)4;1-2-3/h1H3,(H,3,4);3H,2H2,1H3. The second-order valence-electron chi connectivity index (χ2n) is 0.786. The lowest BCUT2D eigenvalue weighted by Gasteiger charge is -1.79. The highest BCUT2D eigenvalue weighted by Crippen LogP contribution is 1.60. The molecule has 0 aliphatic rings. The van der Waals surface area contributed by atoms with Crippen LogP contribution in [0, 0.1) is 0 Å². The van der Waals surface area contributed by atoms with Crippen LogP contribution >= 0.6 is 0 Å². The van der Waals surface area contributed by atoms with E-state index in [1.165, 1.54) is 0 Å². The molecule has 0 spiro atoms. The Morgan fingerprint density at radius 1 is 1.75 bits per heavy atom. The maximum atomic E-state index is 9.15. The summed E-state index contributed by atoms with van der Waals surface area (Å²) in [7, 11) is 1.10. The molecule has 8 heavy (non-hydrogen) atoms. The molecule has 0 heterocycles. The number of methoxy groups -OCH3 is 1. The summed E-state index contributed by atoms with van der Waals surface area (Å²) < 4.78 is 3.67. The monoisotopic (exact) mass is 122 g/mol. The van der Waals surface area contributed by atoms with Gasteiger partial charge < -0.3 is 14.9 Å². The first-order valence-corrected chi connectivity index (χ1v) is 2.06. The zero-order valence-corrected chi connectivity index (χ0v) is 4.92. The van der Waals surface area contributed by atoms with Crippen LogP contribution in [0.2, 0.25) is 0 Å². The number of aliphatic hydroxyl groups excluding tert-OH is 1. The van der Waals surface area contributed by atoms with Gasteiger partial charge >= 0.3 is 6.16 Å². The van der Waals surface area contributed by atoms with Crippen LogP contribution in [0.4, 0.5) is 4.79 Å². The number of rotatable bonds is 0. The molecule has 0 saturated carbocycles. The largest absolute Gasteiger partial charge is 0.505 e. The molecule has 0 rings (SSSR count). The Kier molecular flexibility index (Phi) is 12.2. The Hall–Kier alpha value is -0.770. The third-order valence-corrected chi connectivity index (χ3v) is 0.175. The number of aliphatic hydroxyl groups is 1. The van der Waals surface area contributed by atoms with E-state index in [1.54, 1.807) is 6.92 Å². The van der Waals surface area contributed by atoms with E-state index in [2.05, 4.69) is 4.74 Å². The van der Waals surface area contributed by atoms with Gasteiger partial charge in [-0.2, -0.15) is 0 Å². The van der Waals surface area contributed by atoms with Gasteiger partial charge in [0.05, 0.1) is 7.11 Å². The molecule has 0 fully saturated rings. The van der Waals surface area contributed by atoms with Crippen LogP contribution in [0.3, 0.4) is 0 Å². The van der Waals surface area contributed by atoms with Crippen molar-refractivity contribution in [1.29, 1.82) is 0 Å². The SMILES string of the molecule is CCO.COC(=O)O. The average molecular weight is 122 g/mol. The maximum absolute atomic E-state index is 9.15. The van der Waals surface area contributed by atoms with Crippen LogP contribution in [0.1, 0.15) is 6.92 Å². The van der Waals surface area contributed by atoms with Crippen molar-refractivity contribution in [2.75, 3.05) is 13.7 Å². The van der Waals surface area contributed by atoms with Gasteiger partial charge in [0.25, 0.3) is 0 Å². The Balaban J connectivity index is 0. The van der Waals surface area contributed by atoms with Crippen molar-refractivity contribution in [3.63, 3.8) is 0 Å². The van der Waals surface area contributed by atoms with Gasteiger partial charge in [-0.15, -0.1) is 0 Å². The van der Waals surface area contributed by atoms with E-state index in [0.29, 0.717) is 0 Å². The van der Waals surface area contributed by atoms with Gasteiger partial charge in [0.2, 0.25) is 0 Å². The lowest BCUT2D eigenvalue weighted by Crippen LogP contribution is -1.91. The number of ether oxygens (including phenoxy) is 1. The molecular formula is C4H10O4. The first-order chi connectivity index (χ1) is 3.68. The van der Waals surface area contributed by atoms with Gasteiger partial charge in [0.15, 0.2) is 0 Å². The molecule has 0 amide bonds. The molecule has 2 N–H and O–H groups in total. The summed E-state index contributed by atoms with van der Waals surface area (Å²) in [6.07, 6.45) is -1.25. The highest BCUT2D eigenvalue weighted by Gasteiger charge is 1.80. The molecule has 0 aromatic heterocycles. The summed E-state index contributed by atoms with van der Waals surface area (Å²) in [5.41, 5.74) is 0. The van der Waals surface area contributed by atoms with Crippen LogP contribution in [-0.2, 0) is 4.74 Å². The minimum absolute atomic E-state index is 0.250. The Labute approximate surface area is 47.7 Å². The molecule has 4 nitrogen and oxygen atoms in total. The number of carboxylic acid groups (broad SMARTS) is 1. The summed E-state index contributed by atoms with van der Waals surface area (Å²) in [6.45, 7) is 1.93. The zero-order chi connectivity index (χ0) is 6.99. The molecular weight excluding hydrogens is 112 g/mol. The second kappa shape index (κ2) is 9.52. The molecule has 0 bridgehead atoms. The van der Waals surface area contributed by atoms with E-state index in [-0.39, 0.29) is 6.61 Å². The van der Waals surface area contributed by atoms with Gasteiger partial charge in [-0.3, -0.25) is 0 Å². The van der Waals surface area contributed by atoms with E-state index in [4.69, 9.17) is 15.0 Å². The fourth-order valence-corrected chi connectivity index (χ4v) is 0. The van der Waals surface area contributed by atoms with Crippen molar-refractivity contribution in [2.45, 2.75) is 6.92 Å². The topological polar surface area (TPSA) is 66.8 Å². The molecule has 0 aromatic carbocycles.